The highest BCUT2D eigenvalue weighted by molar-refractivity contribution is 6.31. The number of hydrogen-bond acceptors (Lipinski definition) is 4. The van der Waals surface area contributed by atoms with E-state index in [1.165, 1.54) is 0 Å². The molecule has 0 saturated carbocycles. The Balaban J connectivity index is 2.57. The van der Waals surface area contributed by atoms with Crippen molar-refractivity contribution < 1.29 is 4.52 Å². The maximum absolute atomic E-state index is 5.95. The third-order valence-electron chi connectivity index (χ3n) is 1.94. The lowest BCUT2D eigenvalue weighted by molar-refractivity contribution is 0.433. The van der Waals surface area contributed by atoms with Crippen LogP contribution in [0.4, 0.5) is 5.95 Å². The molecule has 0 amide bonds. The van der Waals surface area contributed by atoms with Crippen LogP contribution in [0.5, 0.6) is 0 Å². The van der Waals surface area contributed by atoms with E-state index in [0.29, 0.717) is 10.9 Å². The van der Waals surface area contributed by atoms with Crippen LogP contribution in [0, 0.1) is 6.92 Å². The number of nitrogens with two attached hydrogens (primary N) is 1. The molecule has 2 rings (SSSR count). The van der Waals surface area contributed by atoms with E-state index in [1.807, 2.05) is 19.1 Å². The molecule has 5 heteroatoms. The van der Waals surface area contributed by atoms with Crippen molar-refractivity contribution in [3.8, 4) is 11.5 Å². The van der Waals surface area contributed by atoms with Crippen molar-refractivity contribution >= 4 is 17.5 Å². The molecule has 4 nitrogen and oxygen atoms in total. The van der Waals surface area contributed by atoms with Crippen LogP contribution in [0.3, 0.4) is 0 Å². The number of anilines is 1. The first-order chi connectivity index (χ1) is 6.68. The average molecular weight is 210 g/mol. The topological polar surface area (TPSA) is 64.9 Å². The van der Waals surface area contributed by atoms with Gasteiger partial charge in [-0.2, -0.15) is 4.98 Å². The summed E-state index contributed by atoms with van der Waals surface area (Å²) in [6.07, 6.45) is 0. The van der Waals surface area contributed by atoms with Crippen molar-refractivity contribution in [2.75, 3.05) is 5.73 Å². The number of nitrogens with zero attached hydrogens (tertiary/aromatic N) is 2. The minimum Gasteiger partial charge on any atom is -0.365 e. The first-order valence-corrected chi connectivity index (χ1v) is 4.41. The number of aromatic nitrogens is 2. The molecule has 0 unspecified atom stereocenters. The molecule has 0 spiro atoms. The maximum atomic E-state index is 5.95. The van der Waals surface area contributed by atoms with E-state index >= 15 is 0 Å². The fourth-order valence-corrected chi connectivity index (χ4v) is 1.36. The minimum atomic E-state index is 0.124. The predicted molar refractivity (Wildman–Crippen MR) is 53.9 cm³/mol. The van der Waals surface area contributed by atoms with Gasteiger partial charge in [0.15, 0.2) is 0 Å². The summed E-state index contributed by atoms with van der Waals surface area (Å²) in [6, 6.07) is 5.49. The summed E-state index contributed by atoms with van der Waals surface area (Å²) >= 11 is 5.95. The number of rotatable bonds is 1. The summed E-state index contributed by atoms with van der Waals surface area (Å²) in [4.78, 5) is 3.92. The van der Waals surface area contributed by atoms with Crippen LogP contribution in [0.2, 0.25) is 5.02 Å². The van der Waals surface area contributed by atoms with Crippen molar-refractivity contribution in [3.05, 3.63) is 28.8 Å². The SMILES string of the molecule is Cc1c(Cl)cccc1-c1nc(N)no1. The Labute approximate surface area is 85.7 Å². The maximum Gasteiger partial charge on any atom is 0.261 e. The molecule has 14 heavy (non-hydrogen) atoms. The lowest BCUT2D eigenvalue weighted by Crippen LogP contribution is -1.87. The van der Waals surface area contributed by atoms with E-state index < -0.39 is 0 Å². The number of halogens is 1. The highest BCUT2D eigenvalue weighted by atomic mass is 35.5. The van der Waals surface area contributed by atoms with Crippen molar-refractivity contribution in [1.82, 2.24) is 10.1 Å². The minimum absolute atomic E-state index is 0.124. The monoisotopic (exact) mass is 209 g/mol. The van der Waals surface area contributed by atoms with Gasteiger partial charge in [-0.3, -0.25) is 0 Å². The van der Waals surface area contributed by atoms with E-state index in [0.717, 1.165) is 11.1 Å². The van der Waals surface area contributed by atoms with Gasteiger partial charge in [-0.1, -0.05) is 17.7 Å². The van der Waals surface area contributed by atoms with Crippen molar-refractivity contribution in [1.29, 1.82) is 0 Å². The molecule has 0 radical (unpaired) electrons. The molecule has 0 atom stereocenters. The Morgan fingerprint density at radius 3 is 2.86 bits per heavy atom. The normalized spacial score (nSPS) is 10.4. The second-order valence-corrected chi connectivity index (χ2v) is 3.28. The van der Waals surface area contributed by atoms with Gasteiger partial charge in [-0.25, -0.2) is 0 Å². The molecule has 1 aromatic carbocycles. The Morgan fingerprint density at radius 1 is 1.43 bits per heavy atom. The molecule has 0 saturated heterocycles. The van der Waals surface area contributed by atoms with Gasteiger partial charge < -0.3 is 10.3 Å². The van der Waals surface area contributed by atoms with Crippen LogP contribution in [-0.2, 0) is 0 Å². The summed E-state index contributed by atoms with van der Waals surface area (Å²) in [6.45, 7) is 1.89. The molecule has 0 aliphatic carbocycles. The van der Waals surface area contributed by atoms with E-state index in [1.54, 1.807) is 6.07 Å². The quantitative estimate of drug-likeness (QED) is 0.783. The van der Waals surface area contributed by atoms with Crippen LogP contribution in [0.25, 0.3) is 11.5 Å². The number of nitrogen functional groups attached to an aromatic ring is 1. The summed E-state index contributed by atoms with van der Waals surface area (Å²) in [7, 11) is 0. The van der Waals surface area contributed by atoms with Gasteiger partial charge in [0.1, 0.15) is 0 Å². The fourth-order valence-electron chi connectivity index (χ4n) is 1.18. The molecule has 72 valence electrons. The molecule has 1 heterocycles. The third kappa shape index (κ3) is 1.44. The Bertz CT molecular complexity index is 467. The van der Waals surface area contributed by atoms with Crippen molar-refractivity contribution in [3.63, 3.8) is 0 Å². The van der Waals surface area contributed by atoms with E-state index in [9.17, 15) is 0 Å². The zero-order chi connectivity index (χ0) is 10.1. The standard InChI is InChI=1S/C9H8ClN3O/c1-5-6(3-2-4-7(5)10)8-12-9(11)13-14-8/h2-4H,1H3,(H2,11,13). The number of hydrogen-bond donors (Lipinski definition) is 1. The van der Waals surface area contributed by atoms with E-state index in [4.69, 9.17) is 21.9 Å². The Kier molecular flexibility index (Phi) is 2.13. The predicted octanol–water partition coefficient (Wildman–Crippen LogP) is 2.28. The van der Waals surface area contributed by atoms with Crippen LogP contribution in [-0.4, -0.2) is 10.1 Å². The first-order valence-electron chi connectivity index (χ1n) is 4.03. The molecule has 0 bridgehead atoms. The van der Waals surface area contributed by atoms with Gasteiger partial charge in [-0.15, -0.1) is 0 Å². The summed E-state index contributed by atoms with van der Waals surface area (Å²) < 4.78 is 4.94. The number of benzene rings is 1. The second-order valence-electron chi connectivity index (χ2n) is 2.87. The highest BCUT2D eigenvalue weighted by Gasteiger charge is 2.10. The Hall–Kier alpha value is -1.55. The van der Waals surface area contributed by atoms with Gasteiger partial charge in [0, 0.05) is 10.6 Å². The van der Waals surface area contributed by atoms with Gasteiger partial charge in [-0.05, 0) is 29.8 Å². The molecule has 0 aliphatic heterocycles. The van der Waals surface area contributed by atoms with Crippen LogP contribution >= 0.6 is 11.6 Å². The first kappa shape index (κ1) is 9.02. The van der Waals surface area contributed by atoms with Crippen LogP contribution < -0.4 is 5.73 Å². The smallest absolute Gasteiger partial charge is 0.261 e. The third-order valence-corrected chi connectivity index (χ3v) is 2.35. The van der Waals surface area contributed by atoms with Crippen molar-refractivity contribution in [2.45, 2.75) is 6.92 Å². The summed E-state index contributed by atoms with van der Waals surface area (Å²) in [5.74, 6) is 0.516. The molecule has 2 aromatic rings. The van der Waals surface area contributed by atoms with E-state index in [-0.39, 0.29) is 5.95 Å². The zero-order valence-corrected chi connectivity index (χ0v) is 8.25. The summed E-state index contributed by atoms with van der Waals surface area (Å²) in [5, 5.41) is 4.18. The second kappa shape index (κ2) is 3.31. The van der Waals surface area contributed by atoms with E-state index in [2.05, 4.69) is 10.1 Å². The van der Waals surface area contributed by atoms with Crippen LogP contribution in [0.1, 0.15) is 5.56 Å². The fraction of sp³-hybridized carbons (Fsp3) is 0.111. The van der Waals surface area contributed by atoms with Crippen molar-refractivity contribution in [2.24, 2.45) is 0 Å². The molecular formula is C9H8ClN3O. The lowest BCUT2D eigenvalue weighted by atomic mass is 10.1. The van der Waals surface area contributed by atoms with Gasteiger partial charge in [0.25, 0.3) is 11.8 Å². The Morgan fingerprint density at radius 2 is 2.21 bits per heavy atom. The molecule has 1 aromatic heterocycles. The average Bonchev–Trinajstić information content (AvgIpc) is 2.57. The van der Waals surface area contributed by atoms with Crippen LogP contribution in [0.15, 0.2) is 22.7 Å². The molecular weight excluding hydrogens is 202 g/mol. The molecule has 0 fully saturated rings. The largest absolute Gasteiger partial charge is 0.365 e. The lowest BCUT2D eigenvalue weighted by Gasteiger charge is -2.01. The molecule has 2 N–H and O–H groups in total. The van der Waals surface area contributed by atoms with Gasteiger partial charge >= 0.3 is 0 Å². The molecule has 0 aliphatic rings. The zero-order valence-electron chi connectivity index (χ0n) is 7.49. The van der Waals surface area contributed by atoms with Gasteiger partial charge in [0.2, 0.25) is 0 Å². The summed E-state index contributed by atoms with van der Waals surface area (Å²) in [5.41, 5.74) is 7.06. The van der Waals surface area contributed by atoms with Gasteiger partial charge in [0.05, 0.1) is 0 Å². The highest BCUT2D eigenvalue weighted by Crippen LogP contribution is 2.27.